The van der Waals surface area contributed by atoms with E-state index in [1.807, 2.05) is 0 Å². The highest BCUT2D eigenvalue weighted by Crippen LogP contribution is 2.11. The highest BCUT2D eigenvalue weighted by Gasteiger charge is 2.04. The Morgan fingerprint density at radius 3 is 2.83 bits per heavy atom. The number of anilines is 1. The summed E-state index contributed by atoms with van der Waals surface area (Å²) in [7, 11) is 0. The van der Waals surface area contributed by atoms with Crippen molar-refractivity contribution in [1.29, 1.82) is 0 Å². The van der Waals surface area contributed by atoms with Crippen LogP contribution in [0, 0.1) is 12.3 Å². The van der Waals surface area contributed by atoms with Crippen molar-refractivity contribution in [2.45, 2.75) is 6.92 Å². The molecule has 0 bridgehead atoms. The molecule has 0 aliphatic heterocycles. The second-order valence-electron chi connectivity index (χ2n) is 2.36. The molecule has 0 radical (unpaired) electrons. The van der Waals surface area contributed by atoms with E-state index in [4.69, 9.17) is 12.2 Å². The summed E-state index contributed by atoms with van der Waals surface area (Å²) in [6.45, 7) is 1.43. The molecule has 60 valence electrons. The molecule has 0 saturated carbocycles. The number of aromatic nitrogens is 1. The molecule has 12 heavy (non-hydrogen) atoms. The summed E-state index contributed by atoms with van der Waals surface area (Å²) < 4.78 is 0. The minimum absolute atomic E-state index is 0.108. The summed E-state index contributed by atoms with van der Waals surface area (Å²) in [6, 6.07) is 1.51. The number of nitrogens with two attached hydrogens (primary N) is 1. The van der Waals surface area contributed by atoms with Crippen molar-refractivity contribution in [3.05, 3.63) is 23.5 Å². The quantitative estimate of drug-likeness (QED) is 0.489. The van der Waals surface area contributed by atoms with E-state index in [-0.39, 0.29) is 5.78 Å². The molecule has 0 aliphatic carbocycles. The highest BCUT2D eigenvalue weighted by molar-refractivity contribution is 5.98. The van der Waals surface area contributed by atoms with Crippen LogP contribution in [0.5, 0.6) is 0 Å². The number of pyridine rings is 1. The SMILES string of the molecule is C#Cc1cc(N)c(C(C)=O)cn1. The summed E-state index contributed by atoms with van der Waals surface area (Å²) in [5.41, 5.74) is 6.77. The number of terminal acetylenes is 1. The van der Waals surface area contributed by atoms with Gasteiger partial charge in [0, 0.05) is 11.9 Å². The van der Waals surface area contributed by atoms with Gasteiger partial charge in [-0.1, -0.05) is 5.92 Å². The van der Waals surface area contributed by atoms with E-state index in [2.05, 4.69) is 10.9 Å². The molecule has 1 aromatic rings. The van der Waals surface area contributed by atoms with E-state index in [1.165, 1.54) is 19.2 Å². The lowest BCUT2D eigenvalue weighted by Gasteiger charge is -1.99. The van der Waals surface area contributed by atoms with Gasteiger partial charge >= 0.3 is 0 Å². The molecule has 3 nitrogen and oxygen atoms in total. The molecule has 1 rings (SSSR count). The first kappa shape index (κ1) is 8.28. The first-order valence-corrected chi connectivity index (χ1v) is 3.38. The van der Waals surface area contributed by atoms with Gasteiger partial charge in [-0.2, -0.15) is 0 Å². The number of Topliss-reactive ketones (excluding diaryl/α,β-unsaturated/α-hetero) is 1. The molecular weight excluding hydrogens is 152 g/mol. The van der Waals surface area contributed by atoms with Crippen LogP contribution in [0.3, 0.4) is 0 Å². The van der Waals surface area contributed by atoms with Crippen molar-refractivity contribution in [3.8, 4) is 12.3 Å². The van der Waals surface area contributed by atoms with Gasteiger partial charge in [0.15, 0.2) is 5.78 Å². The number of hydrogen-bond donors (Lipinski definition) is 1. The van der Waals surface area contributed by atoms with Crippen molar-refractivity contribution in [2.24, 2.45) is 0 Å². The van der Waals surface area contributed by atoms with Crippen molar-refractivity contribution >= 4 is 11.5 Å². The largest absolute Gasteiger partial charge is 0.398 e. The lowest BCUT2D eigenvalue weighted by atomic mass is 10.1. The van der Waals surface area contributed by atoms with Gasteiger partial charge in [0.05, 0.1) is 5.56 Å². The summed E-state index contributed by atoms with van der Waals surface area (Å²) in [6.07, 6.45) is 6.49. The van der Waals surface area contributed by atoms with Crippen LogP contribution < -0.4 is 5.73 Å². The Labute approximate surface area is 70.6 Å². The fourth-order valence-corrected chi connectivity index (χ4v) is 0.844. The molecule has 0 spiro atoms. The van der Waals surface area contributed by atoms with Crippen LogP contribution in [0.4, 0.5) is 5.69 Å². The van der Waals surface area contributed by atoms with Gasteiger partial charge in [-0.15, -0.1) is 6.42 Å². The predicted octanol–water partition coefficient (Wildman–Crippen LogP) is 0.848. The Balaban J connectivity index is 3.23. The van der Waals surface area contributed by atoms with Crippen LogP contribution in [0.1, 0.15) is 23.0 Å². The van der Waals surface area contributed by atoms with Crippen LogP contribution in [0.15, 0.2) is 12.3 Å². The van der Waals surface area contributed by atoms with Gasteiger partial charge in [0.1, 0.15) is 5.69 Å². The van der Waals surface area contributed by atoms with E-state index in [1.54, 1.807) is 0 Å². The molecule has 2 N–H and O–H groups in total. The highest BCUT2D eigenvalue weighted by atomic mass is 16.1. The summed E-state index contributed by atoms with van der Waals surface area (Å²) in [5, 5.41) is 0. The lowest BCUT2D eigenvalue weighted by molar-refractivity contribution is 0.101. The minimum atomic E-state index is -0.108. The monoisotopic (exact) mass is 160 g/mol. The van der Waals surface area contributed by atoms with Crippen LogP contribution in [-0.2, 0) is 0 Å². The summed E-state index contributed by atoms with van der Waals surface area (Å²) >= 11 is 0. The third-order valence-electron chi connectivity index (χ3n) is 1.46. The Kier molecular flexibility index (Phi) is 2.11. The minimum Gasteiger partial charge on any atom is -0.398 e. The van der Waals surface area contributed by atoms with Crippen molar-refractivity contribution in [1.82, 2.24) is 4.98 Å². The Morgan fingerprint density at radius 2 is 2.42 bits per heavy atom. The zero-order valence-electron chi connectivity index (χ0n) is 6.66. The van der Waals surface area contributed by atoms with E-state index in [0.717, 1.165) is 0 Å². The second kappa shape index (κ2) is 3.05. The summed E-state index contributed by atoms with van der Waals surface area (Å²) in [5.74, 6) is 2.22. The molecule has 3 heteroatoms. The van der Waals surface area contributed by atoms with E-state index < -0.39 is 0 Å². The molecular formula is C9H8N2O. The molecule has 0 amide bonds. The second-order valence-corrected chi connectivity index (χ2v) is 2.36. The van der Waals surface area contributed by atoms with Crippen molar-refractivity contribution < 1.29 is 4.79 Å². The zero-order valence-corrected chi connectivity index (χ0v) is 6.66. The summed E-state index contributed by atoms with van der Waals surface area (Å²) in [4.78, 5) is 14.7. The standard InChI is InChI=1S/C9H8N2O/c1-3-7-4-9(10)8(5-11-7)6(2)12/h1,4-5H,2H3,(H2,10,11). The first-order chi connectivity index (χ1) is 5.65. The van der Waals surface area contributed by atoms with Crippen LogP contribution in [0.2, 0.25) is 0 Å². The smallest absolute Gasteiger partial charge is 0.163 e. The van der Waals surface area contributed by atoms with Gasteiger partial charge < -0.3 is 5.73 Å². The fourth-order valence-electron chi connectivity index (χ4n) is 0.844. The maximum atomic E-state index is 10.9. The van der Waals surface area contributed by atoms with Gasteiger partial charge in [-0.3, -0.25) is 4.79 Å². The number of nitrogen functional groups attached to an aromatic ring is 1. The number of ketones is 1. The molecule has 0 aromatic carbocycles. The third kappa shape index (κ3) is 1.43. The average molecular weight is 160 g/mol. The predicted molar refractivity (Wildman–Crippen MR) is 46.6 cm³/mol. The van der Waals surface area contributed by atoms with Crippen molar-refractivity contribution in [2.75, 3.05) is 5.73 Å². The van der Waals surface area contributed by atoms with E-state index in [9.17, 15) is 4.79 Å². The lowest BCUT2D eigenvalue weighted by Crippen LogP contribution is -2.01. The molecule has 0 saturated heterocycles. The number of nitrogens with zero attached hydrogens (tertiary/aromatic N) is 1. The molecule has 1 heterocycles. The molecule has 0 atom stereocenters. The van der Waals surface area contributed by atoms with Crippen LogP contribution in [-0.4, -0.2) is 10.8 Å². The van der Waals surface area contributed by atoms with Crippen molar-refractivity contribution in [3.63, 3.8) is 0 Å². The third-order valence-corrected chi connectivity index (χ3v) is 1.46. The van der Waals surface area contributed by atoms with E-state index in [0.29, 0.717) is 16.9 Å². The number of carbonyl (C=O) groups is 1. The van der Waals surface area contributed by atoms with Gasteiger partial charge in [0.25, 0.3) is 0 Å². The molecule has 0 aliphatic rings. The van der Waals surface area contributed by atoms with E-state index >= 15 is 0 Å². The van der Waals surface area contributed by atoms with Gasteiger partial charge in [-0.05, 0) is 13.0 Å². The van der Waals surface area contributed by atoms with Gasteiger partial charge in [-0.25, -0.2) is 4.98 Å². The molecule has 0 unspecified atom stereocenters. The number of rotatable bonds is 1. The maximum absolute atomic E-state index is 10.9. The molecule has 1 aromatic heterocycles. The first-order valence-electron chi connectivity index (χ1n) is 3.38. The Morgan fingerprint density at radius 1 is 1.75 bits per heavy atom. The van der Waals surface area contributed by atoms with Crippen LogP contribution >= 0.6 is 0 Å². The normalized spacial score (nSPS) is 9.00. The topological polar surface area (TPSA) is 56.0 Å². The Bertz CT molecular complexity index is 363. The number of hydrogen-bond acceptors (Lipinski definition) is 3. The zero-order chi connectivity index (χ0) is 9.14. The maximum Gasteiger partial charge on any atom is 0.163 e. The van der Waals surface area contributed by atoms with Crippen LogP contribution in [0.25, 0.3) is 0 Å². The molecule has 0 fully saturated rings. The average Bonchev–Trinajstić information content (AvgIpc) is 2.03. The number of carbonyl (C=O) groups excluding carboxylic acids is 1. The fraction of sp³-hybridized carbons (Fsp3) is 0.111. The Hall–Kier alpha value is -1.82. The van der Waals surface area contributed by atoms with Gasteiger partial charge in [0.2, 0.25) is 0 Å².